The normalized spacial score (nSPS) is 10.7. The van der Waals surface area contributed by atoms with Crippen molar-refractivity contribution in [3.8, 4) is 34.5 Å². The van der Waals surface area contributed by atoms with Crippen molar-refractivity contribution in [1.29, 1.82) is 0 Å². The van der Waals surface area contributed by atoms with Crippen molar-refractivity contribution in [1.82, 2.24) is 19.9 Å². The van der Waals surface area contributed by atoms with Gasteiger partial charge < -0.3 is 19.9 Å². The van der Waals surface area contributed by atoms with Crippen molar-refractivity contribution < 1.29 is 18.3 Å². The zero-order chi connectivity index (χ0) is 27.5. The second-order valence-electron chi connectivity index (χ2n) is 8.37. The number of aromatic nitrogens is 3. The number of thiocarbonyl (C=S) groups is 1. The van der Waals surface area contributed by atoms with E-state index in [1.165, 1.54) is 41.7 Å². The zero-order valence-corrected chi connectivity index (χ0v) is 22.0. The SMILES string of the molecule is C#Cc1cc(F)ccc1CC(=O)NC(=S)Nc1ccc(Oc2ccnc3cc(-c4nccn4C)sc23)c(F)c1. The molecular formula is C28H19F2N5O2S2. The number of amides is 1. The first-order valence-corrected chi connectivity index (χ1v) is 12.7. The number of fused-ring (bicyclic) bond motifs is 1. The van der Waals surface area contributed by atoms with Gasteiger partial charge in [-0.25, -0.2) is 13.8 Å². The van der Waals surface area contributed by atoms with Crippen LogP contribution in [0.15, 0.2) is 67.1 Å². The van der Waals surface area contributed by atoms with Crippen LogP contribution in [0.4, 0.5) is 14.5 Å². The summed E-state index contributed by atoms with van der Waals surface area (Å²) < 4.78 is 36.9. The first-order chi connectivity index (χ1) is 18.8. The Morgan fingerprint density at radius 2 is 1.97 bits per heavy atom. The molecule has 39 heavy (non-hydrogen) atoms. The van der Waals surface area contributed by atoms with Gasteiger partial charge in [-0.15, -0.1) is 17.8 Å². The Labute approximate surface area is 231 Å². The van der Waals surface area contributed by atoms with Crippen LogP contribution in [0, 0.1) is 24.0 Å². The minimum Gasteiger partial charge on any atom is -0.453 e. The average Bonchev–Trinajstić information content (AvgIpc) is 3.52. The molecule has 0 spiro atoms. The molecule has 0 aliphatic heterocycles. The van der Waals surface area contributed by atoms with Gasteiger partial charge in [0, 0.05) is 49.0 Å². The highest BCUT2D eigenvalue weighted by atomic mass is 32.1. The maximum absolute atomic E-state index is 15.0. The molecule has 3 heterocycles. The molecule has 5 rings (SSSR count). The number of carbonyl (C=O) groups is 1. The predicted molar refractivity (Wildman–Crippen MR) is 151 cm³/mol. The lowest BCUT2D eigenvalue weighted by molar-refractivity contribution is -0.119. The Hall–Kier alpha value is -4.66. The number of aryl methyl sites for hydroxylation is 1. The number of thiophene rings is 1. The predicted octanol–water partition coefficient (Wildman–Crippen LogP) is 5.80. The van der Waals surface area contributed by atoms with Gasteiger partial charge in [0.1, 0.15) is 17.4 Å². The molecule has 1 amide bonds. The van der Waals surface area contributed by atoms with E-state index in [1.54, 1.807) is 24.5 Å². The number of benzene rings is 2. The molecular weight excluding hydrogens is 540 g/mol. The maximum Gasteiger partial charge on any atom is 0.230 e. The number of ether oxygens (including phenoxy) is 1. The van der Waals surface area contributed by atoms with Crippen LogP contribution in [-0.2, 0) is 18.3 Å². The van der Waals surface area contributed by atoms with Crippen molar-refractivity contribution in [3.63, 3.8) is 0 Å². The number of halogens is 2. The van der Waals surface area contributed by atoms with Gasteiger partial charge in [-0.05, 0) is 48.1 Å². The number of imidazole rings is 1. The molecule has 0 atom stereocenters. The molecule has 7 nitrogen and oxygen atoms in total. The smallest absolute Gasteiger partial charge is 0.230 e. The highest BCUT2D eigenvalue weighted by Crippen LogP contribution is 2.39. The van der Waals surface area contributed by atoms with Gasteiger partial charge in [0.25, 0.3) is 0 Å². The summed E-state index contributed by atoms with van der Waals surface area (Å²) in [6.45, 7) is 0. The van der Waals surface area contributed by atoms with Gasteiger partial charge in [0.15, 0.2) is 16.7 Å². The summed E-state index contributed by atoms with van der Waals surface area (Å²) >= 11 is 6.63. The van der Waals surface area contributed by atoms with Crippen molar-refractivity contribution in [2.45, 2.75) is 6.42 Å². The van der Waals surface area contributed by atoms with Gasteiger partial charge in [0.2, 0.25) is 5.91 Å². The lowest BCUT2D eigenvalue weighted by atomic mass is 10.0. The van der Waals surface area contributed by atoms with Crippen molar-refractivity contribution >= 4 is 50.5 Å². The van der Waals surface area contributed by atoms with E-state index in [2.05, 4.69) is 26.5 Å². The molecule has 0 radical (unpaired) electrons. The first-order valence-electron chi connectivity index (χ1n) is 11.5. The van der Waals surface area contributed by atoms with Crippen molar-refractivity contribution in [2.75, 3.05) is 5.32 Å². The summed E-state index contributed by atoms with van der Waals surface area (Å²) in [5.74, 6) is 2.03. The molecule has 0 aliphatic rings. The van der Waals surface area contributed by atoms with Crippen molar-refractivity contribution in [3.05, 3.63) is 89.9 Å². The number of carbonyl (C=O) groups excluding carboxylic acids is 1. The van der Waals surface area contributed by atoms with Crippen LogP contribution < -0.4 is 15.4 Å². The van der Waals surface area contributed by atoms with Gasteiger partial charge in [-0.2, -0.15) is 0 Å². The van der Waals surface area contributed by atoms with Crippen LogP contribution in [0.3, 0.4) is 0 Å². The van der Waals surface area contributed by atoms with Gasteiger partial charge in [-0.1, -0.05) is 12.0 Å². The molecule has 194 valence electrons. The Kier molecular flexibility index (Phi) is 7.31. The third kappa shape index (κ3) is 5.77. The standard InChI is InChI=1S/C28H19F2N5O2S2/c1-3-16-12-18(29)5-4-17(16)13-25(36)34-28(38)33-19-6-7-22(20(30)14-19)37-23-8-9-31-21-15-24(39-26(21)23)27-32-10-11-35(27)2/h1,4-12,14-15H,13H2,2H3,(H2,33,34,36,38). The maximum atomic E-state index is 15.0. The molecule has 11 heteroatoms. The van der Waals surface area contributed by atoms with E-state index < -0.39 is 17.5 Å². The number of nitrogens with one attached hydrogen (secondary N) is 2. The molecule has 2 N–H and O–H groups in total. The molecule has 2 aromatic carbocycles. The molecule has 0 aliphatic carbocycles. The fourth-order valence-corrected chi connectivity index (χ4v) is 5.17. The fraction of sp³-hybridized carbons (Fsp3) is 0.0714. The number of hydrogen-bond donors (Lipinski definition) is 2. The van der Waals surface area contributed by atoms with Crippen LogP contribution >= 0.6 is 23.6 Å². The number of pyridine rings is 1. The molecule has 0 fully saturated rings. The summed E-state index contributed by atoms with van der Waals surface area (Å²) in [5, 5.41) is 5.24. The molecule has 0 saturated carbocycles. The highest BCUT2D eigenvalue weighted by molar-refractivity contribution is 7.80. The van der Waals surface area contributed by atoms with Crippen LogP contribution in [0.1, 0.15) is 11.1 Å². The summed E-state index contributed by atoms with van der Waals surface area (Å²) in [6, 6.07) is 11.7. The van der Waals surface area contributed by atoms with Gasteiger partial charge >= 0.3 is 0 Å². The number of terminal acetylenes is 1. The fourth-order valence-electron chi connectivity index (χ4n) is 3.83. The van der Waals surface area contributed by atoms with E-state index in [-0.39, 0.29) is 22.8 Å². The van der Waals surface area contributed by atoms with Gasteiger partial charge in [0.05, 0.1) is 21.5 Å². The van der Waals surface area contributed by atoms with E-state index in [9.17, 15) is 13.6 Å². The highest BCUT2D eigenvalue weighted by Gasteiger charge is 2.15. The summed E-state index contributed by atoms with van der Waals surface area (Å²) in [7, 11) is 1.90. The average molecular weight is 560 g/mol. The Bertz CT molecular complexity index is 1770. The molecule has 0 saturated heterocycles. The summed E-state index contributed by atoms with van der Waals surface area (Å²) in [6.07, 6.45) is 10.5. The minimum absolute atomic E-state index is 0.00747. The second-order valence-corrected chi connectivity index (χ2v) is 9.83. The van der Waals surface area contributed by atoms with Gasteiger partial charge in [-0.3, -0.25) is 9.78 Å². The topological polar surface area (TPSA) is 81.1 Å². The molecule has 3 aromatic heterocycles. The molecule has 0 unspecified atom stereocenters. The number of anilines is 1. The molecule has 0 bridgehead atoms. The van der Waals surface area contributed by atoms with Crippen LogP contribution in [0.5, 0.6) is 11.5 Å². The van der Waals surface area contributed by atoms with E-state index in [1.807, 2.05) is 23.9 Å². The Morgan fingerprint density at radius 1 is 1.13 bits per heavy atom. The number of nitrogens with zero attached hydrogens (tertiary/aromatic N) is 3. The number of rotatable bonds is 6. The lowest BCUT2D eigenvalue weighted by Gasteiger charge is -2.12. The van der Waals surface area contributed by atoms with Crippen LogP contribution in [-0.4, -0.2) is 25.6 Å². The van der Waals surface area contributed by atoms with E-state index in [4.69, 9.17) is 23.4 Å². The van der Waals surface area contributed by atoms with E-state index in [0.717, 1.165) is 15.4 Å². The van der Waals surface area contributed by atoms with Crippen LogP contribution in [0.25, 0.3) is 20.9 Å². The largest absolute Gasteiger partial charge is 0.453 e. The summed E-state index contributed by atoms with van der Waals surface area (Å²) in [5.41, 5.74) is 1.79. The van der Waals surface area contributed by atoms with Crippen LogP contribution in [0.2, 0.25) is 0 Å². The Balaban J connectivity index is 1.25. The molecule has 5 aromatic rings. The summed E-state index contributed by atoms with van der Waals surface area (Å²) in [4.78, 5) is 22.1. The third-order valence-corrected chi connectivity index (χ3v) is 7.00. The monoisotopic (exact) mass is 559 g/mol. The van der Waals surface area contributed by atoms with Crippen molar-refractivity contribution in [2.24, 2.45) is 7.05 Å². The zero-order valence-electron chi connectivity index (χ0n) is 20.4. The third-order valence-electron chi connectivity index (χ3n) is 5.66. The minimum atomic E-state index is -0.634. The van der Waals surface area contributed by atoms with E-state index >= 15 is 0 Å². The second kappa shape index (κ2) is 11.0. The first kappa shape index (κ1) is 26.0. The van der Waals surface area contributed by atoms with E-state index in [0.29, 0.717) is 22.5 Å². The number of hydrogen-bond acceptors (Lipinski definition) is 6. The lowest BCUT2D eigenvalue weighted by Crippen LogP contribution is -2.35. The Morgan fingerprint density at radius 3 is 2.72 bits per heavy atom. The quantitative estimate of drug-likeness (QED) is 0.202.